The maximum Gasteiger partial charge on any atom is 0.220 e. The van der Waals surface area contributed by atoms with Crippen molar-refractivity contribution in [1.82, 2.24) is 10.6 Å². The highest BCUT2D eigenvalue weighted by atomic mass is 16.6. The first-order valence-corrected chi connectivity index (χ1v) is 12.7. The van der Waals surface area contributed by atoms with Crippen LogP contribution in [-0.4, -0.2) is 43.4 Å². The van der Waals surface area contributed by atoms with E-state index in [4.69, 9.17) is 9.47 Å². The van der Waals surface area contributed by atoms with Gasteiger partial charge in [0.15, 0.2) is 11.5 Å². The number of carbonyl (C=O) groups is 1. The molecule has 4 rings (SSSR count). The van der Waals surface area contributed by atoms with Crippen LogP contribution in [0.4, 0.5) is 0 Å². The third kappa shape index (κ3) is 6.16. The van der Waals surface area contributed by atoms with E-state index in [9.17, 15) is 9.90 Å². The van der Waals surface area contributed by atoms with Gasteiger partial charge in [0.1, 0.15) is 19.3 Å². The van der Waals surface area contributed by atoms with Crippen LogP contribution in [0, 0.1) is 17.8 Å². The first-order chi connectivity index (χ1) is 15.7. The Morgan fingerprint density at radius 2 is 1.94 bits per heavy atom. The number of aliphatic hydroxyl groups excluding tert-OH is 1. The molecule has 5 atom stereocenters. The van der Waals surface area contributed by atoms with Crippen molar-refractivity contribution in [2.45, 2.75) is 76.9 Å². The summed E-state index contributed by atoms with van der Waals surface area (Å²) in [6.45, 7) is 4.77. The van der Waals surface area contributed by atoms with Gasteiger partial charge in [-0.2, -0.15) is 0 Å². The third-order valence-corrected chi connectivity index (χ3v) is 7.40. The van der Waals surface area contributed by atoms with E-state index in [1.54, 1.807) is 0 Å². The van der Waals surface area contributed by atoms with Crippen molar-refractivity contribution in [3.8, 4) is 11.5 Å². The van der Waals surface area contributed by atoms with Crippen molar-refractivity contribution in [3.05, 3.63) is 23.8 Å². The lowest BCUT2D eigenvalue weighted by molar-refractivity contribution is -0.122. The molecule has 178 valence electrons. The number of unbranched alkanes of at least 4 members (excludes halogenated alkanes) is 4. The van der Waals surface area contributed by atoms with Gasteiger partial charge in [-0.3, -0.25) is 4.79 Å². The van der Waals surface area contributed by atoms with Gasteiger partial charge >= 0.3 is 0 Å². The summed E-state index contributed by atoms with van der Waals surface area (Å²) in [6.07, 6.45) is 9.36. The van der Waals surface area contributed by atoms with E-state index in [1.807, 2.05) is 18.2 Å². The Hall–Kier alpha value is -1.79. The Balaban J connectivity index is 1.33. The van der Waals surface area contributed by atoms with Crippen molar-refractivity contribution in [3.63, 3.8) is 0 Å². The van der Waals surface area contributed by atoms with Gasteiger partial charge < -0.3 is 25.2 Å². The molecular weight excluding hydrogens is 404 g/mol. The quantitative estimate of drug-likeness (QED) is 0.401. The molecule has 2 fully saturated rings. The summed E-state index contributed by atoms with van der Waals surface area (Å²) in [5.74, 6) is 4.01. The highest BCUT2D eigenvalue weighted by Gasteiger charge is 2.47. The van der Waals surface area contributed by atoms with E-state index in [1.165, 1.54) is 38.5 Å². The molecule has 0 saturated heterocycles. The van der Waals surface area contributed by atoms with Crippen LogP contribution in [0.3, 0.4) is 0 Å². The van der Waals surface area contributed by atoms with Gasteiger partial charge in [-0.25, -0.2) is 0 Å². The van der Waals surface area contributed by atoms with Gasteiger partial charge in [0.05, 0.1) is 6.04 Å². The molecule has 0 unspecified atom stereocenters. The van der Waals surface area contributed by atoms with Gasteiger partial charge in [0.2, 0.25) is 5.91 Å². The molecule has 1 amide bonds. The zero-order chi connectivity index (χ0) is 22.3. The fourth-order valence-corrected chi connectivity index (χ4v) is 5.39. The predicted octanol–water partition coefficient (Wildman–Crippen LogP) is 3.97. The molecule has 32 heavy (non-hydrogen) atoms. The van der Waals surface area contributed by atoms with Crippen molar-refractivity contribution < 1.29 is 19.4 Å². The second-order valence-corrected chi connectivity index (χ2v) is 9.84. The molecule has 1 aromatic carbocycles. The molecule has 6 heteroatoms. The SMILES string of the molecule is CCCCCCCC(=O)N[C@H](CNC[C@@H]1CC[C@H]2C[C@H]12)[C@H](O)c1ccc2c(c1)OCCO2. The number of aliphatic hydroxyl groups is 1. The lowest BCUT2D eigenvalue weighted by Crippen LogP contribution is -2.46. The lowest BCUT2D eigenvalue weighted by Gasteiger charge is -2.27. The fraction of sp³-hybridized carbons (Fsp3) is 0.731. The maximum absolute atomic E-state index is 12.6. The zero-order valence-corrected chi connectivity index (χ0v) is 19.5. The number of fused-ring (bicyclic) bond motifs is 2. The Morgan fingerprint density at radius 3 is 2.69 bits per heavy atom. The lowest BCUT2D eigenvalue weighted by atomic mass is 10.00. The van der Waals surface area contributed by atoms with E-state index in [0.717, 1.165) is 42.7 Å². The van der Waals surface area contributed by atoms with Gasteiger partial charge in [-0.05, 0) is 67.7 Å². The first kappa shape index (κ1) is 23.4. The van der Waals surface area contributed by atoms with Crippen LogP contribution in [0.2, 0.25) is 0 Å². The third-order valence-electron chi connectivity index (χ3n) is 7.40. The fourth-order valence-electron chi connectivity index (χ4n) is 5.39. The second-order valence-electron chi connectivity index (χ2n) is 9.84. The summed E-state index contributed by atoms with van der Waals surface area (Å²) in [4.78, 5) is 12.6. The van der Waals surface area contributed by atoms with Crippen LogP contribution in [0.5, 0.6) is 11.5 Å². The van der Waals surface area contributed by atoms with E-state index in [2.05, 4.69) is 17.6 Å². The van der Waals surface area contributed by atoms with Crippen LogP contribution >= 0.6 is 0 Å². The summed E-state index contributed by atoms with van der Waals surface area (Å²) in [5.41, 5.74) is 0.743. The van der Waals surface area contributed by atoms with Crippen LogP contribution < -0.4 is 20.1 Å². The topological polar surface area (TPSA) is 79.8 Å². The largest absolute Gasteiger partial charge is 0.486 e. The molecule has 2 saturated carbocycles. The number of ether oxygens (including phenoxy) is 2. The van der Waals surface area contributed by atoms with E-state index in [-0.39, 0.29) is 11.9 Å². The van der Waals surface area contributed by atoms with Crippen LogP contribution in [0.15, 0.2) is 18.2 Å². The van der Waals surface area contributed by atoms with Crippen LogP contribution in [0.25, 0.3) is 0 Å². The zero-order valence-electron chi connectivity index (χ0n) is 19.5. The van der Waals surface area contributed by atoms with Gasteiger partial charge in [-0.15, -0.1) is 0 Å². The highest BCUT2D eigenvalue weighted by molar-refractivity contribution is 5.76. The summed E-state index contributed by atoms with van der Waals surface area (Å²) in [6, 6.07) is 5.18. The molecule has 0 radical (unpaired) electrons. The van der Waals surface area contributed by atoms with Gasteiger partial charge in [0, 0.05) is 13.0 Å². The Morgan fingerprint density at radius 1 is 1.12 bits per heavy atom. The van der Waals surface area contributed by atoms with Crippen molar-refractivity contribution >= 4 is 5.91 Å². The second kappa shape index (κ2) is 11.4. The normalized spacial score (nSPS) is 25.1. The van der Waals surface area contributed by atoms with E-state index in [0.29, 0.717) is 37.7 Å². The monoisotopic (exact) mass is 444 g/mol. The summed E-state index contributed by atoms with van der Waals surface area (Å²) in [7, 11) is 0. The predicted molar refractivity (Wildman–Crippen MR) is 125 cm³/mol. The Labute approximate surface area is 192 Å². The van der Waals surface area contributed by atoms with Gasteiger partial charge in [-0.1, -0.05) is 38.7 Å². The summed E-state index contributed by atoms with van der Waals surface area (Å²) >= 11 is 0. The number of hydrogen-bond acceptors (Lipinski definition) is 5. The molecule has 0 bridgehead atoms. The minimum atomic E-state index is -0.806. The minimum Gasteiger partial charge on any atom is -0.486 e. The van der Waals surface area contributed by atoms with Crippen molar-refractivity contribution in [1.29, 1.82) is 0 Å². The maximum atomic E-state index is 12.6. The molecule has 1 aliphatic heterocycles. The first-order valence-electron chi connectivity index (χ1n) is 12.7. The molecular formula is C26H40N2O4. The average Bonchev–Trinajstić information content (AvgIpc) is 3.49. The minimum absolute atomic E-state index is 0.0213. The molecule has 3 N–H and O–H groups in total. The summed E-state index contributed by atoms with van der Waals surface area (Å²) in [5, 5.41) is 17.8. The number of carbonyl (C=O) groups excluding carboxylic acids is 1. The molecule has 1 heterocycles. The molecule has 1 aromatic rings. The van der Waals surface area contributed by atoms with Gasteiger partial charge in [0.25, 0.3) is 0 Å². The average molecular weight is 445 g/mol. The standard InChI is InChI=1S/C26H40N2O4/c1-2-3-4-5-6-7-25(29)28-22(17-27-16-20-9-8-18-14-21(18)20)26(30)19-10-11-23-24(15-19)32-13-12-31-23/h10-11,15,18,20-22,26-27,30H,2-9,12-14,16-17H2,1H3,(H,28,29)/t18-,20-,21-,22+,26+/m0/s1. The molecule has 0 aromatic heterocycles. The Kier molecular flexibility index (Phi) is 8.31. The highest BCUT2D eigenvalue weighted by Crippen LogP contribution is 2.55. The number of rotatable bonds is 13. The Bertz CT molecular complexity index is 755. The van der Waals surface area contributed by atoms with Crippen molar-refractivity contribution in [2.24, 2.45) is 17.8 Å². The molecule has 6 nitrogen and oxygen atoms in total. The number of nitrogens with one attached hydrogen (secondary N) is 2. The van der Waals surface area contributed by atoms with Crippen LogP contribution in [-0.2, 0) is 4.79 Å². The molecule has 2 aliphatic carbocycles. The number of amides is 1. The molecule has 3 aliphatic rings. The molecule has 0 spiro atoms. The van der Waals surface area contributed by atoms with Crippen molar-refractivity contribution in [2.75, 3.05) is 26.3 Å². The van der Waals surface area contributed by atoms with Crippen LogP contribution in [0.1, 0.15) is 76.4 Å². The smallest absolute Gasteiger partial charge is 0.220 e. The summed E-state index contributed by atoms with van der Waals surface area (Å²) < 4.78 is 11.3. The number of benzene rings is 1. The number of hydrogen-bond donors (Lipinski definition) is 3. The van der Waals surface area contributed by atoms with E-state index >= 15 is 0 Å². The van der Waals surface area contributed by atoms with E-state index < -0.39 is 6.10 Å².